The van der Waals surface area contributed by atoms with Gasteiger partial charge >= 0.3 is 0 Å². The molecule has 0 aromatic heterocycles. The van der Waals surface area contributed by atoms with Crippen molar-refractivity contribution in [2.75, 3.05) is 5.32 Å². The van der Waals surface area contributed by atoms with Gasteiger partial charge in [0.05, 0.1) is 0 Å². The van der Waals surface area contributed by atoms with Crippen LogP contribution in [0.3, 0.4) is 0 Å². The van der Waals surface area contributed by atoms with Gasteiger partial charge in [-0.25, -0.2) is 0 Å². The predicted octanol–water partition coefficient (Wildman–Crippen LogP) is 5.50. The van der Waals surface area contributed by atoms with Gasteiger partial charge in [0.1, 0.15) is 0 Å². The SMILES string of the molecule is O=C(Nc1ccc(Br)cc1)[C@@H]1C[C@H]1c1cc(Cl)cc(Cl)c1. The molecule has 0 bridgehead atoms. The number of benzene rings is 2. The molecule has 2 aromatic rings. The molecule has 1 aliphatic carbocycles. The average molecular weight is 385 g/mol. The lowest BCUT2D eigenvalue weighted by molar-refractivity contribution is -0.117. The topological polar surface area (TPSA) is 29.1 Å². The molecule has 0 unspecified atom stereocenters. The van der Waals surface area contributed by atoms with Gasteiger partial charge in [0.25, 0.3) is 0 Å². The molecule has 0 spiro atoms. The van der Waals surface area contributed by atoms with Crippen LogP contribution in [0.5, 0.6) is 0 Å². The Hall–Kier alpha value is -1.03. The largest absolute Gasteiger partial charge is 0.326 e. The molecule has 3 rings (SSSR count). The van der Waals surface area contributed by atoms with Crippen LogP contribution >= 0.6 is 39.1 Å². The fourth-order valence-corrected chi connectivity index (χ4v) is 3.22. The second-order valence-corrected chi connectivity index (χ2v) is 6.94. The zero-order chi connectivity index (χ0) is 15.0. The van der Waals surface area contributed by atoms with Gasteiger partial charge in [0.2, 0.25) is 5.91 Å². The maximum absolute atomic E-state index is 12.2. The lowest BCUT2D eigenvalue weighted by atomic mass is 10.1. The number of hydrogen-bond acceptors (Lipinski definition) is 1. The van der Waals surface area contributed by atoms with Gasteiger partial charge in [0, 0.05) is 26.1 Å². The Morgan fingerprint density at radius 3 is 2.33 bits per heavy atom. The lowest BCUT2D eigenvalue weighted by Crippen LogP contribution is -2.14. The number of carbonyl (C=O) groups excluding carboxylic acids is 1. The van der Waals surface area contributed by atoms with Crippen molar-refractivity contribution in [3.63, 3.8) is 0 Å². The molecule has 2 nitrogen and oxygen atoms in total. The first-order chi connectivity index (χ1) is 10.0. The van der Waals surface area contributed by atoms with Gasteiger partial charge in [-0.05, 0) is 60.4 Å². The van der Waals surface area contributed by atoms with Crippen molar-refractivity contribution in [2.24, 2.45) is 5.92 Å². The Kier molecular flexibility index (Phi) is 4.25. The number of carbonyl (C=O) groups is 1. The minimum atomic E-state index is -0.0109. The van der Waals surface area contributed by atoms with E-state index in [1.807, 2.05) is 36.4 Å². The highest BCUT2D eigenvalue weighted by atomic mass is 79.9. The standard InChI is InChI=1S/C16H12BrCl2NO/c17-10-1-3-13(4-2-10)20-16(21)15-8-14(15)9-5-11(18)7-12(19)6-9/h1-7,14-15H,8H2,(H,20,21)/t14-,15+/m0/s1. The summed E-state index contributed by atoms with van der Waals surface area (Å²) in [6.45, 7) is 0. The summed E-state index contributed by atoms with van der Waals surface area (Å²) < 4.78 is 0.985. The van der Waals surface area contributed by atoms with E-state index in [2.05, 4.69) is 21.2 Å². The summed E-state index contributed by atoms with van der Waals surface area (Å²) in [7, 11) is 0. The first kappa shape index (κ1) is 14.9. The molecule has 5 heteroatoms. The molecule has 0 saturated heterocycles. The lowest BCUT2D eigenvalue weighted by Gasteiger charge is -2.06. The third-order valence-corrected chi connectivity index (χ3v) is 4.52. The smallest absolute Gasteiger partial charge is 0.228 e. The van der Waals surface area contributed by atoms with Crippen LogP contribution in [0.15, 0.2) is 46.9 Å². The summed E-state index contributed by atoms with van der Waals surface area (Å²) in [5.41, 5.74) is 1.83. The average Bonchev–Trinajstić information content (AvgIpc) is 3.20. The van der Waals surface area contributed by atoms with Gasteiger partial charge in [-0.3, -0.25) is 4.79 Å². The molecule has 21 heavy (non-hydrogen) atoms. The van der Waals surface area contributed by atoms with E-state index >= 15 is 0 Å². The summed E-state index contributed by atoms with van der Waals surface area (Å²) in [6, 6.07) is 13.0. The maximum Gasteiger partial charge on any atom is 0.228 e. The third-order valence-electron chi connectivity index (χ3n) is 3.55. The second kappa shape index (κ2) is 5.99. The van der Waals surface area contributed by atoms with Crippen LogP contribution in [0.1, 0.15) is 17.9 Å². The molecular weight excluding hydrogens is 373 g/mol. The van der Waals surface area contributed by atoms with Gasteiger partial charge in [0.15, 0.2) is 0 Å². The quantitative estimate of drug-likeness (QED) is 0.743. The molecule has 0 heterocycles. The van der Waals surface area contributed by atoms with E-state index in [9.17, 15) is 4.79 Å². The monoisotopic (exact) mass is 383 g/mol. The maximum atomic E-state index is 12.2. The molecule has 1 aliphatic rings. The van der Waals surface area contributed by atoms with Crippen molar-refractivity contribution in [3.05, 3.63) is 62.5 Å². The van der Waals surface area contributed by atoms with E-state index in [-0.39, 0.29) is 17.7 Å². The normalized spacial score (nSPS) is 20.1. The summed E-state index contributed by atoms with van der Waals surface area (Å²) >= 11 is 15.4. The Morgan fingerprint density at radius 2 is 1.71 bits per heavy atom. The number of rotatable bonds is 3. The van der Waals surface area contributed by atoms with Gasteiger partial charge in [-0.2, -0.15) is 0 Å². The van der Waals surface area contributed by atoms with Crippen LogP contribution in [0.4, 0.5) is 5.69 Å². The third kappa shape index (κ3) is 3.60. The summed E-state index contributed by atoms with van der Waals surface area (Å²) in [5.74, 6) is 0.234. The zero-order valence-electron chi connectivity index (χ0n) is 10.9. The molecule has 1 amide bonds. The number of amides is 1. The van der Waals surface area contributed by atoms with Crippen LogP contribution < -0.4 is 5.32 Å². The van der Waals surface area contributed by atoms with Gasteiger partial charge < -0.3 is 5.32 Å². The van der Waals surface area contributed by atoms with E-state index in [4.69, 9.17) is 23.2 Å². The van der Waals surface area contributed by atoms with Crippen LogP contribution in [0.25, 0.3) is 0 Å². The molecule has 2 aromatic carbocycles. The number of nitrogens with one attached hydrogen (secondary N) is 1. The minimum absolute atomic E-state index is 0.0109. The van der Waals surface area contributed by atoms with Crippen LogP contribution in [-0.2, 0) is 4.79 Å². The van der Waals surface area contributed by atoms with E-state index in [1.54, 1.807) is 6.07 Å². The molecule has 1 N–H and O–H groups in total. The van der Waals surface area contributed by atoms with E-state index in [1.165, 1.54) is 0 Å². The van der Waals surface area contributed by atoms with Crippen LogP contribution in [-0.4, -0.2) is 5.91 Å². The van der Waals surface area contributed by atoms with Crippen molar-refractivity contribution in [1.29, 1.82) is 0 Å². The van der Waals surface area contributed by atoms with Crippen molar-refractivity contribution >= 4 is 50.7 Å². The van der Waals surface area contributed by atoms with Crippen LogP contribution in [0, 0.1) is 5.92 Å². The second-order valence-electron chi connectivity index (χ2n) is 5.15. The number of halogens is 3. The molecule has 1 fully saturated rings. The van der Waals surface area contributed by atoms with Crippen molar-refractivity contribution in [1.82, 2.24) is 0 Å². The molecule has 0 aliphatic heterocycles. The van der Waals surface area contributed by atoms with Gasteiger partial charge in [-0.15, -0.1) is 0 Å². The van der Waals surface area contributed by atoms with Gasteiger partial charge in [-0.1, -0.05) is 39.1 Å². The zero-order valence-corrected chi connectivity index (χ0v) is 14.0. The molecule has 108 valence electrons. The van der Waals surface area contributed by atoms with E-state index in [0.29, 0.717) is 10.0 Å². The van der Waals surface area contributed by atoms with Crippen molar-refractivity contribution in [2.45, 2.75) is 12.3 Å². The number of hydrogen-bond donors (Lipinski definition) is 1. The highest BCUT2D eigenvalue weighted by Crippen LogP contribution is 2.49. The first-order valence-electron chi connectivity index (χ1n) is 6.55. The summed E-state index contributed by atoms with van der Waals surface area (Å²) in [6.07, 6.45) is 0.832. The Labute approximate surface area is 141 Å². The highest BCUT2D eigenvalue weighted by Gasteiger charge is 2.44. The molecule has 0 radical (unpaired) electrons. The van der Waals surface area contributed by atoms with Crippen LogP contribution in [0.2, 0.25) is 10.0 Å². The Bertz CT molecular complexity index is 667. The summed E-state index contributed by atoms with van der Waals surface area (Å²) in [4.78, 5) is 12.2. The first-order valence-corrected chi connectivity index (χ1v) is 8.10. The molecule has 2 atom stereocenters. The fraction of sp³-hybridized carbons (Fsp3) is 0.188. The van der Waals surface area contributed by atoms with Crippen molar-refractivity contribution in [3.8, 4) is 0 Å². The summed E-state index contributed by atoms with van der Waals surface area (Å²) in [5, 5.41) is 4.15. The predicted molar refractivity (Wildman–Crippen MR) is 90.1 cm³/mol. The Balaban J connectivity index is 1.67. The fourth-order valence-electron chi connectivity index (χ4n) is 2.41. The molecule has 1 saturated carbocycles. The highest BCUT2D eigenvalue weighted by molar-refractivity contribution is 9.10. The number of anilines is 1. The van der Waals surface area contributed by atoms with Crippen molar-refractivity contribution < 1.29 is 4.79 Å². The van der Waals surface area contributed by atoms with E-state index in [0.717, 1.165) is 22.1 Å². The minimum Gasteiger partial charge on any atom is -0.326 e. The molecular formula is C16H12BrCl2NO. The van der Waals surface area contributed by atoms with E-state index < -0.39 is 0 Å². The Morgan fingerprint density at radius 1 is 1.10 bits per heavy atom.